The number of nitrogens with one attached hydrogen (secondary N) is 2. The number of piperidine rings is 1. The molecule has 2 aromatic rings. The fourth-order valence-electron chi connectivity index (χ4n) is 3.73. The third-order valence-corrected chi connectivity index (χ3v) is 6.76. The highest BCUT2D eigenvalue weighted by Crippen LogP contribution is 2.24. The first-order valence-corrected chi connectivity index (χ1v) is 12.2. The lowest BCUT2D eigenvalue weighted by atomic mass is 9.98. The van der Waals surface area contributed by atoms with Crippen molar-refractivity contribution in [1.82, 2.24) is 9.62 Å². The summed E-state index contributed by atoms with van der Waals surface area (Å²) in [5.41, 5.74) is 1.68. The van der Waals surface area contributed by atoms with Gasteiger partial charge in [0.25, 0.3) is 0 Å². The molecule has 0 radical (unpaired) electrons. The number of rotatable bonds is 9. The number of carbonyl (C=O) groups is 1. The van der Waals surface area contributed by atoms with Crippen molar-refractivity contribution in [2.45, 2.75) is 31.6 Å². The minimum absolute atomic E-state index is 0.104. The largest absolute Gasteiger partial charge is 0.492 e. The van der Waals surface area contributed by atoms with E-state index in [-0.39, 0.29) is 23.3 Å². The topological polar surface area (TPSA) is 87.7 Å². The standard InChI is InChI=1S/C23H31N3O4S/c1-3-30-22-9-5-4-8-21(22)25-23(27)17-26-14-6-7-19(16-26)15-24-31(28,29)20-12-10-18(2)11-13-20/h4-5,8-13,19,24H,3,6-7,14-17H2,1-2H3,(H,25,27). The van der Waals surface area contributed by atoms with Crippen molar-refractivity contribution in [3.8, 4) is 5.75 Å². The van der Waals surface area contributed by atoms with Crippen LogP contribution in [0.5, 0.6) is 5.75 Å². The molecule has 0 saturated carbocycles. The quantitative estimate of drug-likeness (QED) is 0.620. The van der Waals surface area contributed by atoms with E-state index in [1.807, 2.05) is 38.1 Å². The highest BCUT2D eigenvalue weighted by atomic mass is 32.2. The highest BCUT2D eigenvalue weighted by Gasteiger charge is 2.24. The number of anilines is 1. The van der Waals surface area contributed by atoms with Gasteiger partial charge < -0.3 is 10.1 Å². The molecular formula is C23H31N3O4S. The molecule has 8 heteroatoms. The van der Waals surface area contributed by atoms with Crippen molar-refractivity contribution in [1.29, 1.82) is 0 Å². The monoisotopic (exact) mass is 445 g/mol. The predicted molar refractivity (Wildman–Crippen MR) is 122 cm³/mol. The van der Waals surface area contributed by atoms with Gasteiger partial charge in [-0.05, 0) is 63.4 Å². The normalized spacial score (nSPS) is 17.3. The van der Waals surface area contributed by atoms with Gasteiger partial charge in [-0.3, -0.25) is 9.69 Å². The van der Waals surface area contributed by atoms with E-state index in [1.165, 1.54) is 0 Å². The van der Waals surface area contributed by atoms with Crippen molar-refractivity contribution in [2.24, 2.45) is 5.92 Å². The Hall–Kier alpha value is -2.42. The summed E-state index contributed by atoms with van der Waals surface area (Å²) in [7, 11) is -3.53. The van der Waals surface area contributed by atoms with Gasteiger partial charge >= 0.3 is 0 Å². The zero-order chi connectivity index (χ0) is 22.3. The molecule has 2 N–H and O–H groups in total. The van der Waals surface area contributed by atoms with Crippen LogP contribution in [0.2, 0.25) is 0 Å². The first-order chi connectivity index (χ1) is 14.9. The molecule has 0 aromatic heterocycles. The number of aryl methyl sites for hydroxylation is 1. The average Bonchev–Trinajstić information content (AvgIpc) is 2.74. The average molecular weight is 446 g/mol. The van der Waals surface area contributed by atoms with Crippen LogP contribution in [0, 0.1) is 12.8 Å². The number of carbonyl (C=O) groups excluding carboxylic acids is 1. The van der Waals surface area contributed by atoms with E-state index in [9.17, 15) is 13.2 Å². The maximum Gasteiger partial charge on any atom is 0.240 e. The molecule has 1 heterocycles. The smallest absolute Gasteiger partial charge is 0.240 e. The Morgan fingerprint density at radius 1 is 1.16 bits per heavy atom. The molecule has 31 heavy (non-hydrogen) atoms. The van der Waals surface area contributed by atoms with Crippen LogP contribution in [0.1, 0.15) is 25.3 Å². The molecule has 1 fully saturated rings. The minimum Gasteiger partial charge on any atom is -0.492 e. The molecule has 2 aromatic carbocycles. The van der Waals surface area contributed by atoms with E-state index < -0.39 is 10.0 Å². The maximum absolute atomic E-state index is 12.6. The summed E-state index contributed by atoms with van der Waals surface area (Å²) in [5, 5.41) is 2.92. The van der Waals surface area contributed by atoms with E-state index in [2.05, 4.69) is 14.9 Å². The van der Waals surface area contributed by atoms with Crippen LogP contribution < -0.4 is 14.8 Å². The Labute approximate surface area is 184 Å². The third-order valence-electron chi connectivity index (χ3n) is 5.32. The number of ether oxygens (including phenoxy) is 1. The number of para-hydroxylation sites is 2. The molecule has 1 amide bonds. The lowest BCUT2D eigenvalue weighted by Gasteiger charge is -2.32. The number of amides is 1. The van der Waals surface area contributed by atoms with Crippen LogP contribution in [-0.2, 0) is 14.8 Å². The molecule has 1 saturated heterocycles. The Morgan fingerprint density at radius 2 is 1.90 bits per heavy atom. The third kappa shape index (κ3) is 6.78. The SMILES string of the molecule is CCOc1ccccc1NC(=O)CN1CCCC(CNS(=O)(=O)c2ccc(C)cc2)C1. The van der Waals surface area contributed by atoms with Gasteiger partial charge in [0.1, 0.15) is 5.75 Å². The van der Waals surface area contributed by atoms with Crippen LogP contribution in [0.4, 0.5) is 5.69 Å². The van der Waals surface area contributed by atoms with Crippen molar-refractivity contribution >= 4 is 21.6 Å². The Balaban J connectivity index is 1.51. The summed E-state index contributed by atoms with van der Waals surface area (Å²) in [4.78, 5) is 14.9. The fourth-order valence-corrected chi connectivity index (χ4v) is 4.85. The Morgan fingerprint density at radius 3 is 2.65 bits per heavy atom. The second-order valence-corrected chi connectivity index (χ2v) is 9.65. The molecule has 3 rings (SSSR count). The molecule has 0 spiro atoms. The number of hydrogen-bond acceptors (Lipinski definition) is 5. The highest BCUT2D eigenvalue weighted by molar-refractivity contribution is 7.89. The van der Waals surface area contributed by atoms with E-state index >= 15 is 0 Å². The predicted octanol–water partition coefficient (Wildman–Crippen LogP) is 3.02. The Bertz CT molecular complexity index is 977. The molecule has 1 aliphatic rings. The van der Waals surface area contributed by atoms with Gasteiger partial charge in [-0.2, -0.15) is 0 Å². The van der Waals surface area contributed by atoms with Gasteiger partial charge in [0.15, 0.2) is 0 Å². The van der Waals surface area contributed by atoms with Crippen molar-refractivity contribution < 1.29 is 17.9 Å². The van der Waals surface area contributed by atoms with Crippen LogP contribution in [-0.4, -0.2) is 52.0 Å². The minimum atomic E-state index is -3.53. The van der Waals surface area contributed by atoms with Gasteiger partial charge in [0.2, 0.25) is 15.9 Å². The number of benzene rings is 2. The van der Waals surface area contributed by atoms with Gasteiger partial charge in [0, 0.05) is 13.1 Å². The molecule has 0 aliphatic carbocycles. The van der Waals surface area contributed by atoms with E-state index in [4.69, 9.17) is 4.74 Å². The summed E-state index contributed by atoms with van der Waals surface area (Å²) in [6.45, 7) is 6.48. The molecular weight excluding hydrogens is 414 g/mol. The van der Waals surface area contributed by atoms with Gasteiger partial charge in [-0.25, -0.2) is 13.1 Å². The molecule has 1 atom stereocenters. The second kappa shape index (κ2) is 10.7. The molecule has 0 bridgehead atoms. The lowest BCUT2D eigenvalue weighted by Crippen LogP contribution is -2.43. The van der Waals surface area contributed by atoms with E-state index in [1.54, 1.807) is 24.3 Å². The summed E-state index contributed by atoms with van der Waals surface area (Å²) < 4.78 is 33.4. The van der Waals surface area contributed by atoms with Gasteiger partial charge in [0.05, 0.1) is 23.7 Å². The maximum atomic E-state index is 12.6. The first-order valence-electron chi connectivity index (χ1n) is 10.7. The van der Waals surface area contributed by atoms with Crippen molar-refractivity contribution in [3.05, 3.63) is 54.1 Å². The Kier molecular flexibility index (Phi) is 8.06. The summed E-state index contributed by atoms with van der Waals surface area (Å²) in [6.07, 6.45) is 1.86. The van der Waals surface area contributed by atoms with Crippen LogP contribution in [0.25, 0.3) is 0 Å². The van der Waals surface area contributed by atoms with Gasteiger partial charge in [-0.15, -0.1) is 0 Å². The van der Waals surface area contributed by atoms with Crippen LogP contribution >= 0.6 is 0 Å². The second-order valence-electron chi connectivity index (χ2n) is 7.89. The van der Waals surface area contributed by atoms with Crippen molar-refractivity contribution in [3.63, 3.8) is 0 Å². The number of likely N-dealkylation sites (tertiary alicyclic amines) is 1. The van der Waals surface area contributed by atoms with Crippen LogP contribution in [0.3, 0.4) is 0 Å². The molecule has 1 unspecified atom stereocenters. The van der Waals surface area contributed by atoms with Crippen LogP contribution in [0.15, 0.2) is 53.4 Å². The fraction of sp³-hybridized carbons (Fsp3) is 0.435. The zero-order valence-corrected chi connectivity index (χ0v) is 19.0. The van der Waals surface area contributed by atoms with E-state index in [0.717, 1.165) is 24.9 Å². The summed E-state index contributed by atoms with van der Waals surface area (Å²) >= 11 is 0. The van der Waals surface area contributed by atoms with Gasteiger partial charge in [-0.1, -0.05) is 29.8 Å². The number of nitrogens with zero attached hydrogens (tertiary/aromatic N) is 1. The summed E-state index contributed by atoms with van der Waals surface area (Å²) in [5.74, 6) is 0.714. The number of hydrogen-bond donors (Lipinski definition) is 2. The molecule has 168 valence electrons. The molecule has 1 aliphatic heterocycles. The molecule has 7 nitrogen and oxygen atoms in total. The lowest BCUT2D eigenvalue weighted by molar-refractivity contribution is -0.117. The zero-order valence-electron chi connectivity index (χ0n) is 18.1. The first kappa shape index (κ1) is 23.2. The summed E-state index contributed by atoms with van der Waals surface area (Å²) in [6, 6.07) is 14.2. The number of sulfonamides is 1. The van der Waals surface area contributed by atoms with E-state index in [0.29, 0.717) is 31.1 Å². The van der Waals surface area contributed by atoms with Crippen molar-refractivity contribution in [2.75, 3.05) is 38.1 Å².